The Morgan fingerprint density at radius 2 is 1.52 bits per heavy atom. The SMILES string of the molecule is CCOc1ccc(S(=O)(=O)N2CCN(C(=O)c3cc(OC)c(C)c(OC)c3)CC2)cc1. The third-order valence-corrected chi connectivity index (χ3v) is 7.21. The van der Waals surface area contributed by atoms with E-state index in [1.165, 1.54) is 4.31 Å². The molecule has 0 bridgehead atoms. The first kappa shape index (κ1) is 22.9. The number of hydrogen-bond donors (Lipinski definition) is 0. The second-order valence-electron chi connectivity index (χ2n) is 7.11. The van der Waals surface area contributed by atoms with Crippen LogP contribution in [0.3, 0.4) is 0 Å². The molecule has 1 aliphatic rings. The summed E-state index contributed by atoms with van der Waals surface area (Å²) >= 11 is 0. The standard InChI is InChI=1S/C22H28N2O6S/c1-5-30-18-6-8-19(9-7-18)31(26,27)24-12-10-23(11-13-24)22(25)17-14-20(28-3)16(2)21(15-17)29-4/h6-9,14-15H,5,10-13H2,1-4H3. The molecule has 2 aromatic rings. The molecule has 0 N–H and O–H groups in total. The van der Waals surface area contributed by atoms with Crippen molar-refractivity contribution in [2.45, 2.75) is 18.7 Å². The van der Waals surface area contributed by atoms with Gasteiger partial charge in [0.2, 0.25) is 10.0 Å². The molecule has 1 fully saturated rings. The van der Waals surface area contributed by atoms with E-state index in [2.05, 4.69) is 0 Å². The number of hydrogen-bond acceptors (Lipinski definition) is 6. The Hall–Kier alpha value is -2.78. The number of benzene rings is 2. The molecule has 0 aromatic heterocycles. The molecule has 1 amide bonds. The number of piperazine rings is 1. The highest BCUT2D eigenvalue weighted by Crippen LogP contribution is 2.30. The van der Waals surface area contributed by atoms with E-state index in [0.717, 1.165) is 5.56 Å². The minimum Gasteiger partial charge on any atom is -0.496 e. The first-order valence-corrected chi connectivity index (χ1v) is 11.5. The lowest BCUT2D eigenvalue weighted by Gasteiger charge is -2.34. The van der Waals surface area contributed by atoms with Crippen LogP contribution < -0.4 is 14.2 Å². The van der Waals surface area contributed by atoms with Gasteiger partial charge in [-0.15, -0.1) is 0 Å². The maximum Gasteiger partial charge on any atom is 0.254 e. The second kappa shape index (κ2) is 9.57. The lowest BCUT2D eigenvalue weighted by Crippen LogP contribution is -2.50. The highest BCUT2D eigenvalue weighted by atomic mass is 32.2. The molecule has 8 nitrogen and oxygen atoms in total. The maximum atomic E-state index is 13.0. The van der Waals surface area contributed by atoms with E-state index in [4.69, 9.17) is 14.2 Å². The Balaban J connectivity index is 1.71. The summed E-state index contributed by atoms with van der Waals surface area (Å²) in [6.07, 6.45) is 0. The lowest BCUT2D eigenvalue weighted by atomic mass is 10.1. The molecule has 0 unspecified atom stereocenters. The lowest BCUT2D eigenvalue weighted by molar-refractivity contribution is 0.0697. The van der Waals surface area contributed by atoms with Crippen LogP contribution in [-0.2, 0) is 10.0 Å². The topological polar surface area (TPSA) is 85.4 Å². The Morgan fingerprint density at radius 1 is 0.968 bits per heavy atom. The smallest absolute Gasteiger partial charge is 0.254 e. The molecule has 0 spiro atoms. The van der Waals surface area contributed by atoms with Gasteiger partial charge in [-0.2, -0.15) is 4.31 Å². The number of methoxy groups -OCH3 is 2. The van der Waals surface area contributed by atoms with Crippen molar-refractivity contribution < 1.29 is 27.4 Å². The van der Waals surface area contributed by atoms with Gasteiger partial charge in [0.1, 0.15) is 17.2 Å². The fraction of sp³-hybridized carbons (Fsp3) is 0.409. The highest BCUT2D eigenvalue weighted by molar-refractivity contribution is 7.89. The van der Waals surface area contributed by atoms with Gasteiger partial charge < -0.3 is 19.1 Å². The van der Waals surface area contributed by atoms with E-state index in [9.17, 15) is 13.2 Å². The van der Waals surface area contributed by atoms with Gasteiger partial charge in [-0.1, -0.05) is 0 Å². The zero-order chi connectivity index (χ0) is 22.6. The minimum atomic E-state index is -3.63. The van der Waals surface area contributed by atoms with Crippen LogP contribution >= 0.6 is 0 Å². The largest absolute Gasteiger partial charge is 0.496 e. The molecule has 0 saturated carbocycles. The average molecular weight is 449 g/mol. The average Bonchev–Trinajstić information content (AvgIpc) is 2.79. The fourth-order valence-electron chi connectivity index (χ4n) is 3.55. The van der Waals surface area contributed by atoms with Crippen LogP contribution in [0.15, 0.2) is 41.3 Å². The Morgan fingerprint density at radius 3 is 2.00 bits per heavy atom. The Bertz CT molecular complexity index is 1000. The van der Waals surface area contributed by atoms with Crippen molar-refractivity contribution in [1.82, 2.24) is 9.21 Å². The number of sulfonamides is 1. The third-order valence-electron chi connectivity index (χ3n) is 5.30. The van der Waals surface area contributed by atoms with Gasteiger partial charge in [0, 0.05) is 37.3 Å². The highest BCUT2D eigenvalue weighted by Gasteiger charge is 2.31. The summed E-state index contributed by atoms with van der Waals surface area (Å²) in [7, 11) is -0.550. The zero-order valence-electron chi connectivity index (χ0n) is 18.3. The maximum absolute atomic E-state index is 13.0. The van der Waals surface area contributed by atoms with Crippen LogP contribution in [0.4, 0.5) is 0 Å². The van der Waals surface area contributed by atoms with Crippen molar-refractivity contribution in [2.75, 3.05) is 47.0 Å². The van der Waals surface area contributed by atoms with Crippen molar-refractivity contribution in [2.24, 2.45) is 0 Å². The van der Waals surface area contributed by atoms with Gasteiger partial charge >= 0.3 is 0 Å². The normalized spacial score (nSPS) is 14.9. The van der Waals surface area contributed by atoms with E-state index in [0.29, 0.717) is 42.5 Å². The zero-order valence-corrected chi connectivity index (χ0v) is 19.1. The molecule has 0 radical (unpaired) electrons. The third kappa shape index (κ3) is 4.77. The molecule has 1 saturated heterocycles. The number of carbonyl (C=O) groups excluding carboxylic acids is 1. The first-order chi connectivity index (χ1) is 14.8. The summed E-state index contributed by atoms with van der Waals surface area (Å²) in [4.78, 5) is 14.9. The fourth-order valence-corrected chi connectivity index (χ4v) is 4.97. The summed E-state index contributed by atoms with van der Waals surface area (Å²) in [5.41, 5.74) is 1.26. The number of rotatable bonds is 7. The molecule has 1 heterocycles. The van der Waals surface area contributed by atoms with Crippen LogP contribution in [0.1, 0.15) is 22.8 Å². The van der Waals surface area contributed by atoms with Crippen LogP contribution in [-0.4, -0.2) is 70.5 Å². The van der Waals surface area contributed by atoms with Crippen LogP contribution in [0.25, 0.3) is 0 Å². The predicted molar refractivity (Wildman–Crippen MR) is 117 cm³/mol. The van der Waals surface area contributed by atoms with E-state index in [1.807, 2.05) is 13.8 Å². The van der Waals surface area contributed by atoms with Crippen molar-refractivity contribution in [3.63, 3.8) is 0 Å². The quantitative estimate of drug-likeness (QED) is 0.647. The minimum absolute atomic E-state index is 0.185. The van der Waals surface area contributed by atoms with Crippen molar-refractivity contribution in [3.05, 3.63) is 47.5 Å². The first-order valence-electron chi connectivity index (χ1n) is 10.1. The Labute approximate surface area is 183 Å². The van der Waals surface area contributed by atoms with Gasteiger partial charge in [0.15, 0.2) is 0 Å². The van der Waals surface area contributed by atoms with Crippen LogP contribution in [0.5, 0.6) is 17.2 Å². The van der Waals surface area contributed by atoms with E-state index >= 15 is 0 Å². The molecular formula is C22H28N2O6S. The molecule has 168 valence electrons. The number of carbonyl (C=O) groups is 1. The molecule has 3 rings (SSSR count). The molecule has 9 heteroatoms. The summed E-state index contributed by atoms with van der Waals surface area (Å²) in [5, 5.41) is 0. The molecule has 2 aromatic carbocycles. The monoisotopic (exact) mass is 448 g/mol. The summed E-state index contributed by atoms with van der Waals surface area (Å²) in [6.45, 7) is 5.29. The van der Waals surface area contributed by atoms with Gasteiger partial charge in [-0.3, -0.25) is 4.79 Å². The van der Waals surface area contributed by atoms with Crippen molar-refractivity contribution >= 4 is 15.9 Å². The van der Waals surface area contributed by atoms with Gasteiger partial charge in [0.05, 0.1) is 25.7 Å². The van der Waals surface area contributed by atoms with Gasteiger partial charge in [-0.05, 0) is 50.2 Å². The number of amides is 1. The summed E-state index contributed by atoms with van der Waals surface area (Å²) < 4.78 is 43.4. The summed E-state index contributed by atoms with van der Waals surface area (Å²) in [5.74, 6) is 1.58. The number of ether oxygens (including phenoxy) is 3. The predicted octanol–water partition coefficient (Wildman–Crippen LogP) is 2.56. The number of nitrogens with zero attached hydrogens (tertiary/aromatic N) is 2. The van der Waals surface area contributed by atoms with Crippen molar-refractivity contribution in [1.29, 1.82) is 0 Å². The molecule has 31 heavy (non-hydrogen) atoms. The van der Waals surface area contributed by atoms with Crippen LogP contribution in [0.2, 0.25) is 0 Å². The van der Waals surface area contributed by atoms with Gasteiger partial charge in [0.25, 0.3) is 5.91 Å². The Kier molecular flexibility index (Phi) is 7.07. The summed E-state index contributed by atoms with van der Waals surface area (Å²) in [6, 6.07) is 9.75. The molecular weight excluding hydrogens is 420 g/mol. The van der Waals surface area contributed by atoms with E-state index < -0.39 is 10.0 Å². The molecule has 1 aliphatic heterocycles. The molecule has 0 atom stereocenters. The molecule has 0 aliphatic carbocycles. The van der Waals surface area contributed by atoms with Crippen LogP contribution in [0, 0.1) is 6.92 Å². The van der Waals surface area contributed by atoms with Crippen molar-refractivity contribution in [3.8, 4) is 17.2 Å². The second-order valence-corrected chi connectivity index (χ2v) is 9.04. The van der Waals surface area contributed by atoms with E-state index in [-0.39, 0.29) is 23.9 Å². The van der Waals surface area contributed by atoms with Gasteiger partial charge in [-0.25, -0.2) is 8.42 Å². The van der Waals surface area contributed by atoms with E-state index in [1.54, 1.807) is 55.5 Å².